The molecule has 0 aliphatic heterocycles. The minimum Gasteiger partial charge on any atom is -0.345 e. The SMILES string of the molecule is CCc1nnsc1C(=O)NC(C)(CC)CCl. The maximum Gasteiger partial charge on any atom is 0.265 e. The van der Waals surface area contributed by atoms with E-state index in [-0.39, 0.29) is 11.4 Å². The lowest BCUT2D eigenvalue weighted by Crippen LogP contribution is -2.47. The van der Waals surface area contributed by atoms with Crippen molar-refractivity contribution in [3.63, 3.8) is 0 Å². The Bertz CT molecular complexity index is 363. The number of aromatic nitrogens is 2. The molecule has 90 valence electrons. The molecule has 1 heterocycles. The van der Waals surface area contributed by atoms with Gasteiger partial charge in [0, 0.05) is 5.88 Å². The molecule has 16 heavy (non-hydrogen) atoms. The summed E-state index contributed by atoms with van der Waals surface area (Å²) in [6.45, 7) is 5.88. The van der Waals surface area contributed by atoms with Crippen molar-refractivity contribution in [2.24, 2.45) is 0 Å². The number of halogens is 1. The third-order valence-electron chi connectivity index (χ3n) is 2.59. The Morgan fingerprint density at radius 2 is 2.25 bits per heavy atom. The second kappa shape index (κ2) is 5.59. The van der Waals surface area contributed by atoms with Crippen molar-refractivity contribution >= 4 is 29.0 Å². The molecule has 0 spiro atoms. The van der Waals surface area contributed by atoms with Gasteiger partial charge in [-0.1, -0.05) is 18.3 Å². The van der Waals surface area contributed by atoms with Crippen LogP contribution in [-0.4, -0.2) is 26.9 Å². The van der Waals surface area contributed by atoms with Gasteiger partial charge in [-0.25, -0.2) is 0 Å². The van der Waals surface area contributed by atoms with Crippen molar-refractivity contribution in [1.29, 1.82) is 0 Å². The predicted molar refractivity (Wildman–Crippen MR) is 66.2 cm³/mol. The molecule has 4 nitrogen and oxygen atoms in total. The van der Waals surface area contributed by atoms with Crippen molar-refractivity contribution < 1.29 is 4.79 Å². The van der Waals surface area contributed by atoms with Gasteiger partial charge in [0.15, 0.2) is 0 Å². The number of carbonyl (C=O) groups excluding carboxylic acids is 1. The van der Waals surface area contributed by atoms with Gasteiger partial charge in [0.1, 0.15) is 4.88 Å². The number of aryl methyl sites for hydroxylation is 1. The Morgan fingerprint density at radius 1 is 1.56 bits per heavy atom. The topological polar surface area (TPSA) is 54.9 Å². The molecule has 1 N–H and O–H groups in total. The van der Waals surface area contributed by atoms with Gasteiger partial charge in [-0.3, -0.25) is 4.79 Å². The molecule has 0 aromatic carbocycles. The summed E-state index contributed by atoms with van der Waals surface area (Å²) in [6.07, 6.45) is 1.50. The standard InChI is InChI=1S/C10H16ClN3OS/c1-4-7-8(16-14-13-7)9(15)12-10(3,5-2)6-11/h4-6H2,1-3H3,(H,12,15). The molecule has 1 unspecified atom stereocenters. The van der Waals surface area contributed by atoms with Crippen LogP contribution < -0.4 is 5.32 Å². The Balaban J connectivity index is 2.80. The normalized spacial score (nSPS) is 14.5. The quantitative estimate of drug-likeness (QED) is 0.827. The van der Waals surface area contributed by atoms with Crippen molar-refractivity contribution in [3.05, 3.63) is 10.6 Å². The number of amides is 1. The first kappa shape index (κ1) is 13.4. The Kier molecular flexibility index (Phi) is 4.68. The molecular formula is C10H16ClN3OS. The number of carbonyl (C=O) groups is 1. The Labute approximate surface area is 105 Å². The average molecular weight is 262 g/mol. The molecule has 0 fully saturated rings. The van der Waals surface area contributed by atoms with E-state index in [0.29, 0.717) is 17.2 Å². The predicted octanol–water partition coefficient (Wildman–Crippen LogP) is 2.24. The highest BCUT2D eigenvalue weighted by Gasteiger charge is 2.26. The molecule has 1 amide bonds. The fourth-order valence-electron chi connectivity index (χ4n) is 1.16. The second-order valence-corrected chi connectivity index (χ2v) is 4.93. The zero-order valence-corrected chi connectivity index (χ0v) is 11.3. The van der Waals surface area contributed by atoms with E-state index in [1.807, 2.05) is 20.8 Å². The second-order valence-electron chi connectivity index (χ2n) is 3.90. The summed E-state index contributed by atoms with van der Waals surface area (Å²) in [5, 5.41) is 6.84. The van der Waals surface area contributed by atoms with E-state index in [1.165, 1.54) is 0 Å². The lowest BCUT2D eigenvalue weighted by Gasteiger charge is -2.26. The summed E-state index contributed by atoms with van der Waals surface area (Å²) >= 11 is 6.97. The van der Waals surface area contributed by atoms with E-state index in [0.717, 1.165) is 23.6 Å². The van der Waals surface area contributed by atoms with E-state index >= 15 is 0 Å². The molecule has 0 bridgehead atoms. The van der Waals surface area contributed by atoms with Gasteiger partial charge in [0.05, 0.1) is 11.2 Å². The lowest BCUT2D eigenvalue weighted by molar-refractivity contribution is 0.0915. The first-order chi connectivity index (χ1) is 7.56. The van der Waals surface area contributed by atoms with Gasteiger partial charge in [-0.2, -0.15) is 0 Å². The van der Waals surface area contributed by atoms with Crippen LogP contribution in [0.25, 0.3) is 0 Å². The molecule has 1 aromatic heterocycles. The van der Waals surface area contributed by atoms with Gasteiger partial charge in [-0.15, -0.1) is 16.7 Å². The summed E-state index contributed by atoms with van der Waals surface area (Å²) < 4.78 is 3.79. The highest BCUT2D eigenvalue weighted by Crippen LogP contribution is 2.16. The van der Waals surface area contributed by atoms with Crippen LogP contribution in [-0.2, 0) is 6.42 Å². The summed E-state index contributed by atoms with van der Waals surface area (Å²) in [5.74, 6) is 0.264. The molecule has 0 aliphatic rings. The van der Waals surface area contributed by atoms with Crippen LogP contribution in [0.1, 0.15) is 42.6 Å². The van der Waals surface area contributed by atoms with Gasteiger partial charge < -0.3 is 5.32 Å². The third-order valence-corrected chi connectivity index (χ3v) is 3.94. The maximum atomic E-state index is 12.0. The molecule has 0 saturated carbocycles. The van der Waals surface area contributed by atoms with Crippen LogP contribution in [0.4, 0.5) is 0 Å². The van der Waals surface area contributed by atoms with Crippen LogP contribution in [0, 0.1) is 0 Å². The molecule has 1 atom stereocenters. The van der Waals surface area contributed by atoms with Crippen molar-refractivity contribution in [2.75, 3.05) is 5.88 Å². The minimum atomic E-state index is -0.367. The number of alkyl halides is 1. The van der Waals surface area contributed by atoms with Crippen LogP contribution in [0.15, 0.2) is 0 Å². The molecular weight excluding hydrogens is 246 g/mol. The van der Waals surface area contributed by atoms with Crippen molar-refractivity contribution in [1.82, 2.24) is 14.9 Å². The summed E-state index contributed by atoms with van der Waals surface area (Å²) in [6, 6.07) is 0. The van der Waals surface area contributed by atoms with E-state index in [1.54, 1.807) is 0 Å². The molecule has 1 aromatic rings. The van der Waals surface area contributed by atoms with Crippen LogP contribution in [0.2, 0.25) is 0 Å². The molecule has 0 aliphatic carbocycles. The fraction of sp³-hybridized carbons (Fsp3) is 0.700. The molecule has 0 saturated heterocycles. The van der Waals surface area contributed by atoms with E-state index in [2.05, 4.69) is 14.9 Å². The highest BCUT2D eigenvalue weighted by atomic mass is 35.5. The first-order valence-corrected chi connectivity index (χ1v) is 6.56. The van der Waals surface area contributed by atoms with E-state index < -0.39 is 0 Å². The van der Waals surface area contributed by atoms with E-state index in [4.69, 9.17) is 11.6 Å². The number of nitrogens with one attached hydrogen (secondary N) is 1. The third kappa shape index (κ3) is 2.92. The Hall–Kier alpha value is -0.680. The van der Waals surface area contributed by atoms with Gasteiger partial charge >= 0.3 is 0 Å². The van der Waals surface area contributed by atoms with Crippen molar-refractivity contribution in [2.45, 2.75) is 39.2 Å². The monoisotopic (exact) mass is 261 g/mol. The summed E-state index contributed by atoms with van der Waals surface area (Å²) in [4.78, 5) is 12.6. The zero-order chi connectivity index (χ0) is 12.2. The van der Waals surface area contributed by atoms with Crippen LogP contribution in [0.5, 0.6) is 0 Å². The maximum absolute atomic E-state index is 12.0. The summed E-state index contributed by atoms with van der Waals surface area (Å²) in [7, 11) is 0. The fourth-order valence-corrected chi connectivity index (χ4v) is 2.06. The number of hydrogen-bond acceptors (Lipinski definition) is 4. The lowest BCUT2D eigenvalue weighted by atomic mass is 10.0. The molecule has 0 radical (unpaired) electrons. The highest BCUT2D eigenvalue weighted by molar-refractivity contribution is 7.08. The average Bonchev–Trinajstić information content (AvgIpc) is 2.76. The van der Waals surface area contributed by atoms with Gasteiger partial charge in [-0.05, 0) is 31.3 Å². The van der Waals surface area contributed by atoms with Gasteiger partial charge in [0.25, 0.3) is 5.91 Å². The molecule has 1 rings (SSSR count). The number of nitrogens with zero attached hydrogens (tertiary/aromatic N) is 2. The van der Waals surface area contributed by atoms with Crippen LogP contribution >= 0.6 is 23.1 Å². The number of hydrogen-bond donors (Lipinski definition) is 1. The largest absolute Gasteiger partial charge is 0.345 e. The summed E-state index contributed by atoms with van der Waals surface area (Å²) in [5.41, 5.74) is 0.378. The van der Waals surface area contributed by atoms with Gasteiger partial charge in [0.2, 0.25) is 0 Å². The molecule has 6 heteroatoms. The van der Waals surface area contributed by atoms with E-state index in [9.17, 15) is 4.79 Å². The Morgan fingerprint density at radius 3 is 2.75 bits per heavy atom. The van der Waals surface area contributed by atoms with Crippen molar-refractivity contribution in [3.8, 4) is 0 Å². The van der Waals surface area contributed by atoms with Crippen LogP contribution in [0.3, 0.4) is 0 Å². The smallest absolute Gasteiger partial charge is 0.265 e. The number of rotatable bonds is 5. The zero-order valence-electron chi connectivity index (χ0n) is 9.71. The minimum absolute atomic E-state index is 0.128. The first-order valence-electron chi connectivity index (χ1n) is 5.26.